The number of H-pyrrole nitrogens is 1. The summed E-state index contributed by atoms with van der Waals surface area (Å²) in [5.41, 5.74) is 1.37. The van der Waals surface area contributed by atoms with Gasteiger partial charge in [-0.25, -0.2) is 4.79 Å². The lowest BCUT2D eigenvalue weighted by Gasteiger charge is -2.17. The number of carbonyl (C=O) groups is 2. The van der Waals surface area contributed by atoms with Gasteiger partial charge in [-0.05, 0) is 32.0 Å². The Morgan fingerprint density at radius 2 is 1.60 bits per heavy atom. The first-order valence-corrected chi connectivity index (χ1v) is 8.09. The van der Waals surface area contributed by atoms with Gasteiger partial charge >= 0.3 is 5.97 Å². The second kappa shape index (κ2) is 7.21. The monoisotopic (exact) mass is 337 g/mol. The Hall–Kier alpha value is -3.08. The zero-order valence-electron chi connectivity index (χ0n) is 14.1. The Balaban J connectivity index is 1.65. The van der Waals surface area contributed by atoms with Crippen molar-refractivity contribution >= 4 is 22.7 Å². The second-order valence-corrected chi connectivity index (χ2v) is 5.76. The van der Waals surface area contributed by atoms with Gasteiger partial charge in [-0.2, -0.15) is 0 Å². The van der Waals surface area contributed by atoms with Crippen molar-refractivity contribution < 1.29 is 19.1 Å². The highest BCUT2D eigenvalue weighted by atomic mass is 16.6. The van der Waals surface area contributed by atoms with E-state index in [9.17, 15) is 9.59 Å². The second-order valence-electron chi connectivity index (χ2n) is 5.76. The van der Waals surface area contributed by atoms with Crippen LogP contribution in [0.5, 0.6) is 5.75 Å². The van der Waals surface area contributed by atoms with E-state index in [-0.39, 0.29) is 5.78 Å². The molecule has 0 radical (unpaired) electrons. The van der Waals surface area contributed by atoms with Crippen LogP contribution in [0, 0.1) is 0 Å². The number of hydrogen-bond acceptors (Lipinski definition) is 4. The van der Waals surface area contributed by atoms with Gasteiger partial charge < -0.3 is 14.5 Å². The Morgan fingerprint density at radius 3 is 2.36 bits per heavy atom. The van der Waals surface area contributed by atoms with Gasteiger partial charge in [-0.3, -0.25) is 4.79 Å². The van der Waals surface area contributed by atoms with Gasteiger partial charge in [0.2, 0.25) is 5.78 Å². The average molecular weight is 337 g/mol. The highest BCUT2D eigenvalue weighted by molar-refractivity contribution is 6.10. The molecule has 0 amide bonds. The molecular weight excluding hydrogens is 318 g/mol. The summed E-state index contributed by atoms with van der Waals surface area (Å²) < 4.78 is 10.8. The third-order valence-electron chi connectivity index (χ3n) is 3.90. The van der Waals surface area contributed by atoms with Crippen molar-refractivity contribution in [1.82, 2.24) is 4.98 Å². The van der Waals surface area contributed by atoms with Crippen LogP contribution < -0.4 is 4.74 Å². The molecule has 128 valence electrons. The van der Waals surface area contributed by atoms with Gasteiger partial charge in [-0.15, -0.1) is 0 Å². The van der Waals surface area contributed by atoms with Gasteiger partial charge in [0.15, 0.2) is 12.2 Å². The van der Waals surface area contributed by atoms with E-state index in [0.29, 0.717) is 11.3 Å². The predicted molar refractivity (Wildman–Crippen MR) is 94.7 cm³/mol. The summed E-state index contributed by atoms with van der Waals surface area (Å²) in [7, 11) is 0. The molecule has 3 rings (SSSR count). The number of fused-ring (bicyclic) bond motifs is 1. The van der Waals surface area contributed by atoms with E-state index in [2.05, 4.69) is 4.98 Å². The van der Waals surface area contributed by atoms with E-state index in [1.165, 1.54) is 0 Å². The first-order chi connectivity index (χ1) is 12.1. The van der Waals surface area contributed by atoms with Gasteiger partial charge in [0.1, 0.15) is 5.75 Å². The molecule has 0 saturated carbocycles. The molecule has 0 aliphatic carbocycles. The number of para-hydroxylation sites is 2. The number of nitrogens with one attached hydrogen (secondary N) is 1. The summed E-state index contributed by atoms with van der Waals surface area (Å²) >= 11 is 0. The third-order valence-corrected chi connectivity index (χ3v) is 3.90. The molecule has 5 heteroatoms. The van der Waals surface area contributed by atoms with Crippen molar-refractivity contribution in [3.63, 3.8) is 0 Å². The van der Waals surface area contributed by atoms with E-state index in [4.69, 9.17) is 9.47 Å². The van der Waals surface area contributed by atoms with Gasteiger partial charge in [0, 0.05) is 22.7 Å². The molecule has 1 N–H and O–H groups in total. The summed E-state index contributed by atoms with van der Waals surface area (Å²) in [5, 5.41) is 0.809. The van der Waals surface area contributed by atoms with E-state index in [0.717, 1.165) is 10.9 Å². The smallest absolute Gasteiger partial charge is 0.347 e. The van der Waals surface area contributed by atoms with E-state index >= 15 is 0 Å². The largest absolute Gasteiger partial charge is 0.479 e. The highest BCUT2D eigenvalue weighted by Gasteiger charge is 2.25. The Labute approximate surface area is 145 Å². The zero-order valence-corrected chi connectivity index (χ0v) is 14.1. The van der Waals surface area contributed by atoms with Crippen LogP contribution in [0.3, 0.4) is 0 Å². The minimum absolute atomic E-state index is 0.252. The maximum Gasteiger partial charge on any atom is 0.347 e. The molecule has 1 heterocycles. The highest BCUT2D eigenvalue weighted by Crippen LogP contribution is 2.20. The normalized spacial score (nSPS) is 13.2. The number of ketones is 1. The number of aromatic nitrogens is 1. The van der Waals surface area contributed by atoms with Crippen molar-refractivity contribution in [2.24, 2.45) is 0 Å². The average Bonchev–Trinajstić information content (AvgIpc) is 3.05. The topological polar surface area (TPSA) is 68.4 Å². The van der Waals surface area contributed by atoms with Crippen LogP contribution in [-0.4, -0.2) is 28.9 Å². The third kappa shape index (κ3) is 3.71. The first-order valence-electron chi connectivity index (χ1n) is 8.09. The van der Waals surface area contributed by atoms with Crippen molar-refractivity contribution in [2.45, 2.75) is 26.1 Å². The van der Waals surface area contributed by atoms with E-state index in [1.54, 1.807) is 32.2 Å². The maximum atomic E-state index is 12.6. The molecule has 25 heavy (non-hydrogen) atoms. The predicted octanol–water partition coefficient (Wildman–Crippen LogP) is 3.75. The number of aromatic amines is 1. The maximum absolute atomic E-state index is 12.6. The summed E-state index contributed by atoms with van der Waals surface area (Å²) in [5.74, 6) is -0.259. The Morgan fingerprint density at radius 1 is 0.920 bits per heavy atom. The zero-order chi connectivity index (χ0) is 17.8. The quantitative estimate of drug-likeness (QED) is 0.549. The fraction of sp³-hybridized carbons (Fsp3) is 0.200. The molecule has 1 aromatic heterocycles. The Kier molecular flexibility index (Phi) is 4.84. The first kappa shape index (κ1) is 16.8. The number of esters is 1. The number of rotatable bonds is 6. The molecule has 0 aliphatic heterocycles. The minimum atomic E-state index is -0.895. The molecule has 5 nitrogen and oxygen atoms in total. The molecule has 2 aromatic carbocycles. The molecule has 0 saturated heterocycles. The molecule has 0 aliphatic rings. The van der Waals surface area contributed by atoms with E-state index < -0.39 is 18.2 Å². The minimum Gasteiger partial charge on any atom is -0.479 e. The molecule has 0 spiro atoms. The van der Waals surface area contributed by atoms with Crippen molar-refractivity contribution in [2.75, 3.05) is 0 Å². The molecule has 2 atom stereocenters. The lowest BCUT2D eigenvalue weighted by atomic mass is 10.1. The number of Topliss-reactive ketones (excluding diaryl/α,β-unsaturated/α-hetero) is 1. The van der Waals surface area contributed by atoms with Crippen LogP contribution in [0.25, 0.3) is 10.9 Å². The van der Waals surface area contributed by atoms with E-state index in [1.807, 2.05) is 42.5 Å². The van der Waals surface area contributed by atoms with Crippen LogP contribution in [0.4, 0.5) is 0 Å². The molecule has 0 bridgehead atoms. The summed E-state index contributed by atoms with van der Waals surface area (Å²) in [6.07, 6.45) is -0.0597. The summed E-state index contributed by atoms with van der Waals surface area (Å²) in [6, 6.07) is 16.5. The number of carbonyl (C=O) groups excluding carboxylic acids is 2. The number of benzene rings is 2. The van der Waals surface area contributed by atoms with Crippen molar-refractivity contribution in [3.8, 4) is 5.75 Å². The van der Waals surface area contributed by atoms with Crippen LogP contribution in [0.2, 0.25) is 0 Å². The molecule has 0 unspecified atom stereocenters. The SMILES string of the molecule is C[C@@H](Oc1ccccc1)C(=O)O[C@H](C)C(=O)c1c[nH]c2ccccc12. The van der Waals surface area contributed by atoms with Crippen molar-refractivity contribution in [1.29, 1.82) is 0 Å². The molecular formula is C20H19NO4. The standard InChI is InChI=1S/C20H19NO4/c1-13(19(22)17-12-21-18-11-7-6-10-16(17)18)25-20(23)14(2)24-15-8-4-3-5-9-15/h3-14,21H,1-2H3/t13-,14-/m1/s1. The van der Waals surface area contributed by atoms with Gasteiger partial charge in [0.05, 0.1) is 0 Å². The Bertz CT molecular complexity index is 885. The lowest BCUT2D eigenvalue weighted by Crippen LogP contribution is -2.32. The van der Waals surface area contributed by atoms with Gasteiger partial charge in [0.25, 0.3) is 0 Å². The molecule has 0 fully saturated rings. The van der Waals surface area contributed by atoms with Crippen molar-refractivity contribution in [3.05, 3.63) is 66.4 Å². The number of hydrogen-bond donors (Lipinski definition) is 1. The summed E-state index contributed by atoms with van der Waals surface area (Å²) in [6.45, 7) is 3.16. The summed E-state index contributed by atoms with van der Waals surface area (Å²) in [4.78, 5) is 27.8. The van der Waals surface area contributed by atoms with Gasteiger partial charge in [-0.1, -0.05) is 36.4 Å². The number of ether oxygens (including phenoxy) is 2. The van der Waals surface area contributed by atoms with Crippen LogP contribution in [-0.2, 0) is 9.53 Å². The van der Waals surface area contributed by atoms with Crippen LogP contribution >= 0.6 is 0 Å². The fourth-order valence-corrected chi connectivity index (χ4v) is 2.57. The molecule has 3 aromatic rings. The fourth-order valence-electron chi connectivity index (χ4n) is 2.57. The lowest BCUT2D eigenvalue weighted by molar-refractivity contribution is -0.153. The van der Waals surface area contributed by atoms with Crippen LogP contribution in [0.15, 0.2) is 60.8 Å². The van der Waals surface area contributed by atoms with Crippen LogP contribution in [0.1, 0.15) is 24.2 Å².